The van der Waals surface area contributed by atoms with Gasteiger partial charge in [-0.25, -0.2) is 0 Å². The molecule has 0 saturated carbocycles. The molecule has 2 aromatic carbocycles. The van der Waals surface area contributed by atoms with Crippen LogP contribution in [0.2, 0.25) is 5.02 Å². The van der Waals surface area contributed by atoms with Gasteiger partial charge in [0, 0.05) is 10.6 Å². The number of hydrogen-bond donors (Lipinski definition) is 3. The van der Waals surface area contributed by atoms with E-state index in [0.29, 0.717) is 22.9 Å². The molecule has 2 amide bonds. The van der Waals surface area contributed by atoms with Gasteiger partial charge in [-0.1, -0.05) is 23.7 Å². The van der Waals surface area contributed by atoms with Crippen LogP contribution in [0.3, 0.4) is 0 Å². The first-order valence-electron chi connectivity index (χ1n) is 10.2. The van der Waals surface area contributed by atoms with E-state index in [4.69, 9.17) is 21.1 Å². The molecule has 0 aromatic heterocycles. The summed E-state index contributed by atoms with van der Waals surface area (Å²) in [5.41, 5.74) is 1.34. The second-order valence-corrected chi connectivity index (χ2v) is 7.60. The van der Waals surface area contributed by atoms with E-state index in [1.807, 2.05) is 0 Å². The monoisotopic (exact) mass is 444 g/mol. The van der Waals surface area contributed by atoms with Gasteiger partial charge in [0.1, 0.15) is 24.5 Å². The summed E-state index contributed by atoms with van der Waals surface area (Å²) in [6, 6.07) is 13.7. The number of benzene rings is 2. The Morgan fingerprint density at radius 2 is 1.77 bits per heavy atom. The van der Waals surface area contributed by atoms with E-state index in [2.05, 4.69) is 10.6 Å². The molecule has 7 nitrogen and oxygen atoms in total. The maximum absolute atomic E-state index is 12.8. The fourth-order valence-corrected chi connectivity index (χ4v) is 3.31. The van der Waals surface area contributed by atoms with Crippen molar-refractivity contribution in [1.82, 2.24) is 10.6 Å². The van der Waals surface area contributed by atoms with Gasteiger partial charge >= 0.3 is 0 Å². The van der Waals surface area contributed by atoms with Gasteiger partial charge in [-0.15, -0.1) is 0 Å². The highest BCUT2D eigenvalue weighted by molar-refractivity contribution is 6.30. The molecule has 0 unspecified atom stereocenters. The number of ether oxygens (including phenoxy) is 2. The average Bonchev–Trinajstić information content (AvgIpc) is 2.80. The molecule has 164 valence electrons. The topological polar surface area (TPSA) is 81.1 Å². The fourth-order valence-electron chi connectivity index (χ4n) is 3.18. The molecule has 1 saturated heterocycles. The van der Waals surface area contributed by atoms with Crippen LogP contribution >= 0.6 is 11.6 Å². The smallest absolute Gasteiger partial charge is 0.268 e. The number of rotatable bonds is 8. The minimum Gasteiger partial charge on any atom is -0.497 e. The molecule has 0 bridgehead atoms. The maximum Gasteiger partial charge on any atom is 0.268 e. The number of carbonyl (C=O) groups is 2. The molecule has 0 radical (unpaired) electrons. The molecule has 31 heavy (non-hydrogen) atoms. The number of amides is 2. The lowest BCUT2D eigenvalue weighted by Crippen LogP contribution is -3.14. The zero-order valence-electron chi connectivity index (χ0n) is 17.4. The number of morpholine rings is 1. The second kappa shape index (κ2) is 11.5. The second-order valence-electron chi connectivity index (χ2n) is 7.16. The quantitative estimate of drug-likeness (QED) is 0.534. The first-order valence-corrected chi connectivity index (χ1v) is 10.5. The van der Waals surface area contributed by atoms with Gasteiger partial charge in [0.25, 0.3) is 11.8 Å². The van der Waals surface area contributed by atoms with E-state index in [0.717, 1.165) is 38.4 Å². The highest BCUT2D eigenvalue weighted by Gasteiger charge is 2.17. The summed E-state index contributed by atoms with van der Waals surface area (Å²) in [4.78, 5) is 26.9. The fraction of sp³-hybridized carbons (Fsp3) is 0.304. The highest BCUT2D eigenvalue weighted by Crippen LogP contribution is 2.14. The van der Waals surface area contributed by atoms with Crippen molar-refractivity contribution in [3.05, 3.63) is 70.4 Å². The van der Waals surface area contributed by atoms with Crippen LogP contribution in [0.4, 0.5) is 0 Å². The van der Waals surface area contributed by atoms with Gasteiger partial charge in [0.05, 0.1) is 33.4 Å². The van der Waals surface area contributed by atoms with E-state index < -0.39 is 0 Å². The van der Waals surface area contributed by atoms with Crippen molar-refractivity contribution in [2.75, 3.05) is 46.5 Å². The lowest BCUT2D eigenvalue weighted by atomic mass is 10.1. The Morgan fingerprint density at radius 1 is 1.10 bits per heavy atom. The Labute approximate surface area is 187 Å². The van der Waals surface area contributed by atoms with Crippen LogP contribution in [0.1, 0.15) is 15.9 Å². The first-order chi connectivity index (χ1) is 15.0. The van der Waals surface area contributed by atoms with Gasteiger partial charge in [0.2, 0.25) is 0 Å². The van der Waals surface area contributed by atoms with Crippen LogP contribution in [0, 0.1) is 0 Å². The van der Waals surface area contributed by atoms with Crippen LogP contribution < -0.4 is 20.3 Å². The van der Waals surface area contributed by atoms with E-state index in [-0.39, 0.29) is 17.5 Å². The van der Waals surface area contributed by atoms with Crippen molar-refractivity contribution in [1.29, 1.82) is 0 Å². The van der Waals surface area contributed by atoms with Crippen molar-refractivity contribution >= 4 is 29.5 Å². The Kier molecular flexibility index (Phi) is 8.46. The number of quaternary nitrogens is 1. The van der Waals surface area contributed by atoms with Crippen molar-refractivity contribution in [2.24, 2.45) is 0 Å². The zero-order valence-corrected chi connectivity index (χ0v) is 18.2. The number of halogens is 1. The molecule has 8 heteroatoms. The molecule has 1 aliphatic rings. The Bertz CT molecular complexity index is 907. The molecule has 0 atom stereocenters. The summed E-state index contributed by atoms with van der Waals surface area (Å²) in [5.74, 6) is -0.0712. The standard InChI is InChI=1S/C23H26ClN3O4/c1-30-20-8-4-18(5-9-20)22(28)26-21(16-17-2-6-19(24)7-3-17)23(29)25-10-11-27-12-14-31-15-13-27/h2-9,16H,10-15H2,1H3,(H,25,29)(H,26,28)/p+1. The average molecular weight is 445 g/mol. The van der Waals surface area contributed by atoms with Crippen molar-refractivity contribution in [2.45, 2.75) is 0 Å². The lowest BCUT2D eigenvalue weighted by Gasteiger charge is -2.23. The largest absolute Gasteiger partial charge is 0.497 e. The third-order valence-corrected chi connectivity index (χ3v) is 5.24. The summed E-state index contributed by atoms with van der Waals surface area (Å²) < 4.78 is 10.5. The van der Waals surface area contributed by atoms with Gasteiger partial charge < -0.3 is 25.0 Å². The highest BCUT2D eigenvalue weighted by atomic mass is 35.5. The van der Waals surface area contributed by atoms with Crippen LogP contribution in [0.25, 0.3) is 6.08 Å². The molecule has 0 aliphatic carbocycles. The minimum atomic E-state index is -0.378. The third kappa shape index (κ3) is 7.10. The summed E-state index contributed by atoms with van der Waals surface area (Å²) in [6.07, 6.45) is 1.63. The van der Waals surface area contributed by atoms with Crippen molar-refractivity contribution in [3.63, 3.8) is 0 Å². The lowest BCUT2D eigenvalue weighted by molar-refractivity contribution is -0.906. The SMILES string of the molecule is COc1ccc(C(=O)NC(=Cc2ccc(Cl)cc2)C(=O)NCC[NH+]2CCOCC2)cc1. The van der Waals surface area contributed by atoms with E-state index >= 15 is 0 Å². The molecule has 1 aliphatic heterocycles. The molecule has 0 spiro atoms. The number of hydrogen-bond acceptors (Lipinski definition) is 4. The Hall–Kier alpha value is -2.87. The Morgan fingerprint density at radius 3 is 2.42 bits per heavy atom. The molecule has 2 aromatic rings. The van der Waals surface area contributed by atoms with Gasteiger partial charge in [-0.2, -0.15) is 0 Å². The number of nitrogens with one attached hydrogen (secondary N) is 3. The van der Waals surface area contributed by atoms with Gasteiger partial charge in [0.15, 0.2) is 0 Å². The molecule has 3 N–H and O–H groups in total. The molecule has 3 rings (SSSR count). The van der Waals surface area contributed by atoms with E-state index in [1.54, 1.807) is 61.7 Å². The maximum atomic E-state index is 12.8. The van der Waals surface area contributed by atoms with Gasteiger partial charge in [-0.05, 0) is 48.0 Å². The summed E-state index contributed by atoms with van der Waals surface area (Å²) >= 11 is 5.95. The van der Waals surface area contributed by atoms with Crippen LogP contribution in [-0.4, -0.2) is 58.3 Å². The van der Waals surface area contributed by atoms with E-state index in [1.165, 1.54) is 4.90 Å². The summed E-state index contributed by atoms with van der Waals surface area (Å²) in [5, 5.41) is 6.23. The van der Waals surface area contributed by atoms with Crippen molar-refractivity contribution < 1.29 is 24.0 Å². The molecule has 1 fully saturated rings. The van der Waals surface area contributed by atoms with Crippen LogP contribution in [0.5, 0.6) is 5.75 Å². The minimum absolute atomic E-state index is 0.167. The first kappa shape index (κ1) is 22.8. The van der Waals surface area contributed by atoms with Crippen molar-refractivity contribution in [3.8, 4) is 5.75 Å². The van der Waals surface area contributed by atoms with E-state index in [9.17, 15) is 9.59 Å². The zero-order chi connectivity index (χ0) is 22.1. The molecular weight excluding hydrogens is 418 g/mol. The molecular formula is C23H27ClN3O4+. The summed E-state index contributed by atoms with van der Waals surface area (Å²) in [7, 11) is 1.56. The predicted molar refractivity (Wildman–Crippen MR) is 119 cm³/mol. The number of carbonyl (C=O) groups excluding carboxylic acids is 2. The summed E-state index contributed by atoms with van der Waals surface area (Å²) in [6.45, 7) is 4.64. The third-order valence-electron chi connectivity index (χ3n) is 4.99. The predicted octanol–water partition coefficient (Wildman–Crippen LogP) is 1.15. The number of methoxy groups -OCH3 is 1. The molecule has 1 heterocycles. The van der Waals surface area contributed by atoms with Crippen LogP contribution in [0.15, 0.2) is 54.2 Å². The Balaban J connectivity index is 1.69. The normalized spacial score (nSPS) is 14.7. The van der Waals surface area contributed by atoms with Gasteiger partial charge in [-0.3, -0.25) is 9.59 Å². The van der Waals surface area contributed by atoms with Crippen LogP contribution in [-0.2, 0) is 9.53 Å².